The molecule has 0 bridgehead atoms. The molecule has 2 rings (SSSR count). The van der Waals surface area contributed by atoms with Gasteiger partial charge in [-0.1, -0.05) is 11.3 Å². The van der Waals surface area contributed by atoms with Gasteiger partial charge in [0.15, 0.2) is 5.69 Å². The first-order valence-electron chi connectivity index (χ1n) is 6.44. The highest BCUT2D eigenvalue weighted by Crippen LogP contribution is 2.30. The van der Waals surface area contributed by atoms with Gasteiger partial charge in [0.05, 0.1) is 17.4 Å². The number of likely N-dealkylation sites (N-methyl/N-ethyl adjacent to an activating group) is 1. The van der Waals surface area contributed by atoms with Gasteiger partial charge < -0.3 is 10.6 Å². The van der Waals surface area contributed by atoms with Crippen LogP contribution in [-0.2, 0) is 6.18 Å². The third-order valence-electron chi connectivity index (χ3n) is 2.82. The smallest absolute Gasteiger partial charge is 0.349 e. The van der Waals surface area contributed by atoms with Gasteiger partial charge in [0.1, 0.15) is 0 Å². The summed E-state index contributed by atoms with van der Waals surface area (Å²) >= 11 is 0. The summed E-state index contributed by atoms with van der Waals surface area (Å²) in [4.78, 5) is 11.8. The van der Waals surface area contributed by atoms with Gasteiger partial charge >= 0.3 is 6.18 Å². The van der Waals surface area contributed by atoms with E-state index >= 15 is 0 Å². The number of aromatic nitrogens is 3. The van der Waals surface area contributed by atoms with Crippen molar-refractivity contribution in [2.45, 2.75) is 6.18 Å². The maximum absolute atomic E-state index is 12.7. The van der Waals surface area contributed by atoms with Crippen molar-refractivity contribution in [1.29, 1.82) is 0 Å². The molecule has 0 aliphatic heterocycles. The maximum Gasteiger partial charge on any atom is 0.416 e. The second-order valence-electron chi connectivity index (χ2n) is 4.46. The summed E-state index contributed by atoms with van der Waals surface area (Å²) in [6.45, 7) is 0.999. The zero-order chi connectivity index (χ0) is 16.2. The molecule has 23 heavy (non-hydrogen) atoms. The summed E-state index contributed by atoms with van der Waals surface area (Å²) in [6, 6.07) is 4.63. The summed E-state index contributed by atoms with van der Waals surface area (Å²) in [5.41, 5.74) is -0.578. The topological polar surface area (TPSA) is 71.8 Å². The lowest BCUT2D eigenvalue weighted by Crippen LogP contribution is -2.30. The van der Waals surface area contributed by atoms with Crippen LogP contribution in [0.1, 0.15) is 16.1 Å². The Morgan fingerprint density at radius 1 is 1.30 bits per heavy atom. The molecule has 0 fully saturated rings. The van der Waals surface area contributed by atoms with E-state index in [1.165, 1.54) is 18.3 Å². The molecular weight excluding hydrogens is 335 g/mol. The molecule has 0 radical (unpaired) electrons. The zero-order valence-corrected chi connectivity index (χ0v) is 12.9. The molecule has 1 heterocycles. The van der Waals surface area contributed by atoms with Crippen LogP contribution in [-0.4, -0.2) is 41.0 Å². The van der Waals surface area contributed by atoms with Gasteiger partial charge in [-0.15, -0.1) is 17.5 Å². The molecule has 0 spiro atoms. The Bertz CT molecular complexity index is 659. The molecule has 0 saturated carbocycles. The van der Waals surface area contributed by atoms with Crippen molar-refractivity contribution < 1.29 is 18.0 Å². The van der Waals surface area contributed by atoms with Gasteiger partial charge in [0, 0.05) is 13.1 Å². The first-order chi connectivity index (χ1) is 10.4. The van der Waals surface area contributed by atoms with E-state index in [9.17, 15) is 18.0 Å². The Balaban J connectivity index is 0.00000264. The van der Waals surface area contributed by atoms with Crippen LogP contribution in [0.2, 0.25) is 0 Å². The monoisotopic (exact) mass is 349 g/mol. The van der Waals surface area contributed by atoms with E-state index in [1.54, 1.807) is 7.05 Å². The first kappa shape index (κ1) is 18.9. The quantitative estimate of drug-likeness (QED) is 0.805. The Hall–Kier alpha value is -2.13. The number of amides is 1. The second kappa shape index (κ2) is 7.93. The molecule has 1 aromatic heterocycles. The zero-order valence-electron chi connectivity index (χ0n) is 12.1. The van der Waals surface area contributed by atoms with Crippen LogP contribution in [0.5, 0.6) is 0 Å². The molecule has 0 aliphatic rings. The van der Waals surface area contributed by atoms with Crippen molar-refractivity contribution in [2.24, 2.45) is 0 Å². The molecule has 2 N–H and O–H groups in total. The van der Waals surface area contributed by atoms with Gasteiger partial charge in [0.25, 0.3) is 5.91 Å². The highest BCUT2D eigenvalue weighted by Gasteiger charge is 2.30. The summed E-state index contributed by atoms with van der Waals surface area (Å²) in [6.07, 6.45) is -3.16. The first-order valence-corrected chi connectivity index (χ1v) is 6.44. The molecule has 0 aliphatic carbocycles. The van der Waals surface area contributed by atoms with Gasteiger partial charge in [-0.05, 0) is 25.2 Å². The largest absolute Gasteiger partial charge is 0.416 e. The van der Waals surface area contributed by atoms with Crippen LogP contribution in [0.4, 0.5) is 13.2 Å². The fraction of sp³-hybridized carbons (Fsp3) is 0.308. The van der Waals surface area contributed by atoms with Crippen molar-refractivity contribution in [2.75, 3.05) is 20.1 Å². The Morgan fingerprint density at radius 3 is 2.70 bits per heavy atom. The number of carbonyl (C=O) groups is 1. The van der Waals surface area contributed by atoms with Crippen molar-refractivity contribution in [3.8, 4) is 5.69 Å². The lowest BCUT2D eigenvalue weighted by Gasteiger charge is -2.08. The SMILES string of the molecule is CNCCNC(=O)c1cn(-c2cccc(C(F)(F)F)c2)nn1.Cl. The number of nitrogens with zero attached hydrogens (tertiary/aromatic N) is 3. The number of hydrogen-bond acceptors (Lipinski definition) is 4. The van der Waals surface area contributed by atoms with Crippen LogP contribution < -0.4 is 10.6 Å². The minimum absolute atomic E-state index is 0. The van der Waals surface area contributed by atoms with Gasteiger partial charge in [-0.3, -0.25) is 4.79 Å². The van der Waals surface area contributed by atoms with E-state index in [1.807, 2.05) is 0 Å². The summed E-state index contributed by atoms with van der Waals surface area (Å²) < 4.78 is 39.2. The number of hydrogen-bond donors (Lipinski definition) is 2. The Labute approximate surface area is 136 Å². The summed E-state index contributed by atoms with van der Waals surface area (Å²) in [5.74, 6) is -0.437. The molecule has 1 amide bonds. The van der Waals surface area contributed by atoms with Crippen molar-refractivity contribution in [3.63, 3.8) is 0 Å². The van der Waals surface area contributed by atoms with Crippen LogP contribution in [0.25, 0.3) is 5.69 Å². The van der Waals surface area contributed by atoms with Gasteiger partial charge in [0.2, 0.25) is 0 Å². The molecule has 126 valence electrons. The number of alkyl halides is 3. The number of rotatable bonds is 5. The lowest BCUT2D eigenvalue weighted by molar-refractivity contribution is -0.137. The third-order valence-corrected chi connectivity index (χ3v) is 2.82. The van der Waals surface area contributed by atoms with Crippen LogP contribution in [0.15, 0.2) is 30.5 Å². The predicted octanol–water partition coefficient (Wildman–Crippen LogP) is 1.66. The van der Waals surface area contributed by atoms with Crippen LogP contribution in [0.3, 0.4) is 0 Å². The fourth-order valence-electron chi connectivity index (χ4n) is 1.71. The molecule has 1 aromatic carbocycles. The molecule has 2 aromatic rings. The van der Waals surface area contributed by atoms with Crippen LogP contribution >= 0.6 is 12.4 Å². The lowest BCUT2D eigenvalue weighted by atomic mass is 10.2. The van der Waals surface area contributed by atoms with Crippen molar-refractivity contribution in [3.05, 3.63) is 41.7 Å². The van der Waals surface area contributed by atoms with E-state index in [-0.39, 0.29) is 23.8 Å². The summed E-state index contributed by atoms with van der Waals surface area (Å²) in [5, 5.41) is 12.8. The number of carbonyl (C=O) groups excluding carboxylic acids is 1. The Kier molecular flexibility index (Phi) is 6.52. The van der Waals surface area contributed by atoms with E-state index in [0.717, 1.165) is 16.8 Å². The molecular formula is C13H15ClF3N5O. The normalized spacial score (nSPS) is 11.0. The molecule has 6 nitrogen and oxygen atoms in total. The number of nitrogens with one attached hydrogen (secondary N) is 2. The Morgan fingerprint density at radius 2 is 2.04 bits per heavy atom. The van der Waals surface area contributed by atoms with Gasteiger partial charge in [-0.2, -0.15) is 13.2 Å². The highest BCUT2D eigenvalue weighted by molar-refractivity contribution is 5.91. The van der Waals surface area contributed by atoms with Gasteiger partial charge in [-0.25, -0.2) is 4.68 Å². The third kappa shape index (κ3) is 4.93. The van der Waals surface area contributed by atoms with E-state index < -0.39 is 17.6 Å². The fourth-order valence-corrected chi connectivity index (χ4v) is 1.71. The predicted molar refractivity (Wildman–Crippen MR) is 79.9 cm³/mol. The standard InChI is InChI=1S/C13H14F3N5O.ClH/c1-17-5-6-18-12(22)11-8-21(20-19-11)10-4-2-3-9(7-10)13(14,15)16;/h2-4,7-8,17H,5-6H2,1H3,(H,18,22);1H. The number of halogens is 4. The van der Waals surface area contributed by atoms with E-state index in [4.69, 9.17) is 0 Å². The highest BCUT2D eigenvalue weighted by atomic mass is 35.5. The molecule has 10 heteroatoms. The molecule has 0 unspecified atom stereocenters. The van der Waals surface area contributed by atoms with Crippen molar-refractivity contribution in [1.82, 2.24) is 25.6 Å². The second-order valence-corrected chi connectivity index (χ2v) is 4.46. The number of benzene rings is 1. The van der Waals surface area contributed by atoms with E-state index in [0.29, 0.717) is 13.1 Å². The van der Waals surface area contributed by atoms with Crippen molar-refractivity contribution >= 4 is 18.3 Å². The average molecular weight is 350 g/mol. The maximum atomic E-state index is 12.7. The molecule has 0 saturated heterocycles. The average Bonchev–Trinajstić information content (AvgIpc) is 2.96. The molecule has 0 atom stereocenters. The minimum atomic E-state index is -4.44. The van der Waals surface area contributed by atoms with E-state index in [2.05, 4.69) is 20.9 Å². The minimum Gasteiger partial charge on any atom is -0.349 e. The van der Waals surface area contributed by atoms with Crippen LogP contribution in [0, 0.1) is 0 Å². The summed E-state index contributed by atoms with van der Waals surface area (Å²) in [7, 11) is 1.75.